The molecule has 0 unspecified atom stereocenters. The Balaban J connectivity index is 1.76. The molecule has 13 heteroatoms. The van der Waals surface area contributed by atoms with Gasteiger partial charge in [0.15, 0.2) is 14.6 Å². The lowest BCUT2D eigenvalue weighted by Crippen LogP contribution is -2.58. The van der Waals surface area contributed by atoms with Crippen molar-refractivity contribution in [2.45, 2.75) is 47.4 Å². The van der Waals surface area contributed by atoms with Gasteiger partial charge < -0.3 is 9.64 Å². The number of rotatable bonds is 10. The number of hydrogen-bond donors (Lipinski definition) is 2. The van der Waals surface area contributed by atoms with Crippen molar-refractivity contribution in [1.82, 2.24) is 10.4 Å². The van der Waals surface area contributed by atoms with Crippen molar-refractivity contribution in [1.29, 1.82) is 0 Å². The molecule has 1 heterocycles. The number of carbonyl (C=O) groups is 1. The SMILES string of the molecule is COCCN1CCC(C(=O)NO)(S(=O)(=O)c2ccc(-c3ccc(CCC(F)(F)C(F)(F)F)cc3)cc2)CC1. The number of likely N-dealkylation sites (tertiary alicyclic amines) is 1. The molecule has 1 amide bonds. The molecule has 0 radical (unpaired) electrons. The highest BCUT2D eigenvalue weighted by atomic mass is 32.2. The number of carbonyl (C=O) groups excluding carboxylic acids is 1. The maximum Gasteiger partial charge on any atom is 0.453 e. The van der Waals surface area contributed by atoms with Crippen molar-refractivity contribution < 1.29 is 45.1 Å². The van der Waals surface area contributed by atoms with E-state index >= 15 is 0 Å². The van der Waals surface area contributed by atoms with Crippen molar-refractivity contribution in [3.63, 3.8) is 0 Å². The van der Waals surface area contributed by atoms with E-state index in [-0.39, 0.29) is 17.7 Å². The smallest absolute Gasteiger partial charge is 0.383 e. The van der Waals surface area contributed by atoms with Crippen LogP contribution in [0.4, 0.5) is 22.0 Å². The van der Waals surface area contributed by atoms with Gasteiger partial charge in [-0.25, -0.2) is 13.9 Å². The van der Waals surface area contributed by atoms with Gasteiger partial charge in [0, 0.05) is 33.2 Å². The Morgan fingerprint density at radius 1 is 1.00 bits per heavy atom. The second-order valence-corrected chi connectivity index (χ2v) is 11.5. The van der Waals surface area contributed by atoms with Crippen LogP contribution in [-0.4, -0.2) is 74.6 Å². The standard InChI is InChI=1S/C25H29F5N2O5S/c1-37-17-16-32-14-12-23(13-15-32,22(33)31-34)38(35,36)21-8-6-20(7-9-21)19-4-2-18(3-5-19)10-11-24(26,27)25(28,29)30/h2-9,34H,10-17H2,1H3,(H,31,33). The number of hydrogen-bond acceptors (Lipinski definition) is 6. The molecule has 2 N–H and O–H groups in total. The first-order valence-electron chi connectivity index (χ1n) is 11.8. The van der Waals surface area contributed by atoms with Crippen molar-refractivity contribution in [3.8, 4) is 11.1 Å². The zero-order valence-corrected chi connectivity index (χ0v) is 21.4. The second-order valence-electron chi connectivity index (χ2n) is 9.20. The average molecular weight is 565 g/mol. The fraction of sp³-hybridized carbons (Fsp3) is 0.480. The van der Waals surface area contributed by atoms with Gasteiger partial charge in [0.1, 0.15) is 0 Å². The molecular formula is C25H29F5N2O5S. The molecule has 2 aromatic rings. The minimum atomic E-state index is -5.60. The Morgan fingerprint density at radius 2 is 1.53 bits per heavy atom. The number of aryl methyl sites for hydroxylation is 1. The van der Waals surface area contributed by atoms with Crippen LogP contribution in [0.5, 0.6) is 0 Å². The molecule has 1 aliphatic rings. The van der Waals surface area contributed by atoms with Gasteiger partial charge in [0.25, 0.3) is 5.91 Å². The highest BCUT2D eigenvalue weighted by Crippen LogP contribution is 2.39. The number of hydroxylamine groups is 1. The summed E-state index contributed by atoms with van der Waals surface area (Å²) in [5.74, 6) is -5.78. The van der Waals surface area contributed by atoms with Crippen molar-refractivity contribution in [2.75, 3.05) is 33.4 Å². The molecule has 0 bridgehead atoms. The molecule has 0 atom stereocenters. The summed E-state index contributed by atoms with van der Waals surface area (Å²) in [7, 11) is -2.66. The van der Waals surface area contributed by atoms with Gasteiger partial charge in [-0.3, -0.25) is 10.0 Å². The van der Waals surface area contributed by atoms with Crippen LogP contribution in [-0.2, 0) is 25.8 Å². The number of ether oxygens (including phenoxy) is 1. The summed E-state index contributed by atoms with van der Waals surface area (Å²) in [6, 6.07) is 11.7. The summed E-state index contributed by atoms with van der Waals surface area (Å²) in [4.78, 5) is 14.5. The number of benzene rings is 2. The minimum absolute atomic E-state index is 0.0258. The van der Waals surface area contributed by atoms with E-state index in [9.17, 15) is 40.4 Å². The monoisotopic (exact) mass is 564 g/mol. The van der Waals surface area contributed by atoms with Crippen molar-refractivity contribution >= 4 is 15.7 Å². The van der Waals surface area contributed by atoms with Crippen LogP contribution >= 0.6 is 0 Å². The quantitative estimate of drug-likeness (QED) is 0.255. The van der Waals surface area contributed by atoms with Gasteiger partial charge in [-0.15, -0.1) is 0 Å². The predicted octanol–water partition coefficient (Wildman–Crippen LogP) is 4.24. The molecule has 210 valence electrons. The van der Waals surface area contributed by atoms with Gasteiger partial charge in [-0.05, 0) is 48.1 Å². The highest BCUT2D eigenvalue weighted by Gasteiger charge is 2.56. The number of alkyl halides is 5. The van der Waals surface area contributed by atoms with E-state index in [4.69, 9.17) is 4.74 Å². The van der Waals surface area contributed by atoms with Crippen LogP contribution in [0.1, 0.15) is 24.8 Å². The van der Waals surface area contributed by atoms with E-state index in [0.29, 0.717) is 42.9 Å². The van der Waals surface area contributed by atoms with Gasteiger partial charge in [0.05, 0.1) is 11.5 Å². The van der Waals surface area contributed by atoms with Crippen LogP contribution < -0.4 is 5.48 Å². The van der Waals surface area contributed by atoms with Crippen LogP contribution in [0, 0.1) is 0 Å². The third-order valence-electron chi connectivity index (χ3n) is 6.90. The van der Waals surface area contributed by atoms with Gasteiger partial charge in [-0.2, -0.15) is 22.0 Å². The fourth-order valence-electron chi connectivity index (χ4n) is 4.44. The normalized spacial score (nSPS) is 16.8. The van der Waals surface area contributed by atoms with E-state index in [0.717, 1.165) is 0 Å². The average Bonchev–Trinajstić information content (AvgIpc) is 2.90. The topological polar surface area (TPSA) is 95.9 Å². The van der Waals surface area contributed by atoms with Gasteiger partial charge in [0.2, 0.25) is 0 Å². The van der Waals surface area contributed by atoms with Crippen LogP contribution in [0.2, 0.25) is 0 Å². The highest BCUT2D eigenvalue weighted by molar-refractivity contribution is 7.93. The maximum atomic E-state index is 13.6. The van der Waals surface area contributed by atoms with E-state index < -0.39 is 45.4 Å². The molecule has 7 nitrogen and oxygen atoms in total. The predicted molar refractivity (Wildman–Crippen MR) is 129 cm³/mol. The number of halogens is 5. The maximum absolute atomic E-state index is 13.6. The zero-order valence-electron chi connectivity index (χ0n) is 20.6. The first-order chi connectivity index (χ1) is 17.8. The molecule has 1 aliphatic heterocycles. The largest absolute Gasteiger partial charge is 0.453 e. The van der Waals surface area contributed by atoms with E-state index in [1.165, 1.54) is 41.9 Å². The van der Waals surface area contributed by atoms with Crippen molar-refractivity contribution in [3.05, 3.63) is 54.1 Å². The molecular weight excluding hydrogens is 535 g/mol. The number of amides is 1. The molecule has 1 saturated heterocycles. The zero-order chi connectivity index (χ0) is 28.2. The van der Waals surface area contributed by atoms with E-state index in [1.54, 1.807) is 19.2 Å². The lowest BCUT2D eigenvalue weighted by molar-refractivity contribution is -0.284. The number of nitrogens with zero attached hydrogens (tertiary/aromatic N) is 1. The third kappa shape index (κ3) is 6.16. The summed E-state index contributed by atoms with van der Waals surface area (Å²) in [5.41, 5.74) is 2.97. The lowest BCUT2D eigenvalue weighted by atomic mass is 9.95. The Morgan fingerprint density at radius 3 is 2.00 bits per heavy atom. The Bertz CT molecular complexity index is 1190. The number of piperidine rings is 1. The fourth-order valence-corrected chi connectivity index (χ4v) is 6.39. The van der Waals surface area contributed by atoms with Gasteiger partial charge >= 0.3 is 12.1 Å². The Kier molecular flexibility index (Phi) is 9.17. The molecule has 0 spiro atoms. The van der Waals surface area contributed by atoms with Crippen molar-refractivity contribution in [2.24, 2.45) is 0 Å². The summed E-state index contributed by atoms with van der Waals surface area (Å²) in [6.07, 6.45) is -7.49. The summed E-state index contributed by atoms with van der Waals surface area (Å²) >= 11 is 0. The molecule has 38 heavy (non-hydrogen) atoms. The van der Waals surface area contributed by atoms with Crippen LogP contribution in [0.25, 0.3) is 11.1 Å². The third-order valence-corrected chi connectivity index (χ3v) is 9.41. The summed E-state index contributed by atoms with van der Waals surface area (Å²) in [6.45, 7) is 1.66. The first-order valence-corrected chi connectivity index (χ1v) is 13.3. The van der Waals surface area contributed by atoms with E-state index in [2.05, 4.69) is 0 Å². The number of sulfone groups is 1. The summed E-state index contributed by atoms with van der Waals surface area (Å²) < 4.78 is 93.8. The van der Waals surface area contributed by atoms with Crippen LogP contribution in [0.15, 0.2) is 53.4 Å². The molecule has 0 aliphatic carbocycles. The lowest BCUT2D eigenvalue weighted by Gasteiger charge is -2.39. The number of nitrogens with one attached hydrogen (secondary N) is 1. The van der Waals surface area contributed by atoms with E-state index in [1.807, 2.05) is 4.90 Å². The molecule has 1 fully saturated rings. The number of methoxy groups -OCH3 is 1. The van der Waals surface area contributed by atoms with Gasteiger partial charge in [-0.1, -0.05) is 36.4 Å². The molecule has 2 aromatic carbocycles. The first kappa shape index (κ1) is 29.9. The molecule has 0 saturated carbocycles. The second kappa shape index (κ2) is 11.6. The Labute approximate surface area is 217 Å². The minimum Gasteiger partial charge on any atom is -0.383 e. The van der Waals surface area contributed by atoms with Crippen LogP contribution in [0.3, 0.4) is 0 Å². The molecule has 0 aromatic heterocycles. The Hall–Kier alpha value is -2.61. The summed E-state index contributed by atoms with van der Waals surface area (Å²) in [5, 5.41) is 9.31. The molecule has 3 rings (SSSR count).